The van der Waals surface area contributed by atoms with Crippen molar-refractivity contribution in [3.05, 3.63) is 42.0 Å². The van der Waals surface area contributed by atoms with Gasteiger partial charge in [-0.25, -0.2) is 14.5 Å². The molecule has 7 heteroatoms. The van der Waals surface area contributed by atoms with E-state index in [0.717, 1.165) is 36.9 Å². The van der Waals surface area contributed by atoms with Gasteiger partial charge in [-0.3, -0.25) is 4.79 Å². The minimum atomic E-state index is -0.898. The molecule has 2 aliphatic rings. The van der Waals surface area contributed by atoms with E-state index in [1.54, 1.807) is 22.0 Å². The minimum Gasteiger partial charge on any atom is -0.480 e. The van der Waals surface area contributed by atoms with Crippen molar-refractivity contribution in [3.8, 4) is 5.69 Å². The highest BCUT2D eigenvalue weighted by molar-refractivity contribution is 5.98. The van der Waals surface area contributed by atoms with E-state index < -0.39 is 12.0 Å². The summed E-state index contributed by atoms with van der Waals surface area (Å²) in [5.74, 6) is -0.761. The Kier molecular flexibility index (Phi) is 4.22. The van der Waals surface area contributed by atoms with Crippen LogP contribution in [0.25, 0.3) is 5.69 Å². The zero-order valence-corrected chi connectivity index (χ0v) is 14.7. The topological polar surface area (TPSA) is 88.3 Å². The van der Waals surface area contributed by atoms with Crippen molar-refractivity contribution in [1.29, 1.82) is 0 Å². The first-order chi connectivity index (χ1) is 12.6. The van der Waals surface area contributed by atoms with Gasteiger partial charge in [-0.15, -0.1) is 0 Å². The van der Waals surface area contributed by atoms with E-state index in [9.17, 15) is 14.7 Å². The number of carboxylic acids is 1. The van der Waals surface area contributed by atoms with Gasteiger partial charge < -0.3 is 10.0 Å². The summed E-state index contributed by atoms with van der Waals surface area (Å²) < 4.78 is 1.63. The molecule has 4 rings (SSSR count). The lowest BCUT2D eigenvalue weighted by Crippen LogP contribution is -2.46. The van der Waals surface area contributed by atoms with E-state index in [0.29, 0.717) is 17.9 Å². The maximum atomic E-state index is 13.3. The third-order valence-corrected chi connectivity index (χ3v) is 5.73. The van der Waals surface area contributed by atoms with Crippen molar-refractivity contribution in [2.75, 3.05) is 0 Å². The lowest BCUT2D eigenvalue weighted by Gasteiger charge is -2.33. The van der Waals surface area contributed by atoms with E-state index in [1.165, 1.54) is 6.33 Å². The largest absolute Gasteiger partial charge is 0.480 e. The fourth-order valence-corrected chi connectivity index (χ4v) is 4.48. The van der Waals surface area contributed by atoms with Gasteiger partial charge in [0.1, 0.15) is 18.7 Å². The maximum Gasteiger partial charge on any atom is 0.326 e. The molecule has 1 aromatic heterocycles. The second-order valence-corrected chi connectivity index (χ2v) is 7.25. The maximum absolute atomic E-state index is 13.3. The van der Waals surface area contributed by atoms with Gasteiger partial charge in [0.25, 0.3) is 5.91 Å². The molecule has 2 fully saturated rings. The molecule has 1 aliphatic carbocycles. The average Bonchev–Trinajstić information content (AvgIpc) is 3.29. The first-order valence-electron chi connectivity index (χ1n) is 9.07. The number of aromatic nitrogens is 3. The molecule has 0 spiro atoms. The van der Waals surface area contributed by atoms with E-state index in [-0.39, 0.29) is 11.9 Å². The van der Waals surface area contributed by atoms with Gasteiger partial charge in [-0.1, -0.05) is 12.8 Å². The van der Waals surface area contributed by atoms with Gasteiger partial charge >= 0.3 is 5.97 Å². The first-order valence-corrected chi connectivity index (χ1v) is 9.07. The van der Waals surface area contributed by atoms with Crippen LogP contribution in [0.1, 0.15) is 48.0 Å². The second-order valence-electron chi connectivity index (χ2n) is 7.25. The Morgan fingerprint density at radius 1 is 1.23 bits per heavy atom. The molecule has 0 unspecified atom stereocenters. The van der Waals surface area contributed by atoms with Gasteiger partial charge in [-0.2, -0.15) is 5.10 Å². The minimum absolute atomic E-state index is 0.0479. The van der Waals surface area contributed by atoms with Crippen molar-refractivity contribution in [1.82, 2.24) is 19.7 Å². The summed E-state index contributed by atoms with van der Waals surface area (Å²) in [7, 11) is 0. The fourth-order valence-electron chi connectivity index (χ4n) is 4.48. The van der Waals surface area contributed by atoms with Crippen LogP contribution in [0.4, 0.5) is 0 Å². The normalized spacial score (nSPS) is 25.1. The molecule has 26 heavy (non-hydrogen) atoms. The van der Waals surface area contributed by atoms with E-state index in [2.05, 4.69) is 10.1 Å². The lowest BCUT2D eigenvalue weighted by atomic mass is 9.84. The molecule has 2 heterocycles. The van der Waals surface area contributed by atoms with Crippen molar-refractivity contribution in [2.24, 2.45) is 5.92 Å². The third kappa shape index (κ3) is 2.77. The Labute approximate surface area is 151 Å². The molecule has 1 saturated heterocycles. The number of benzene rings is 1. The van der Waals surface area contributed by atoms with Crippen LogP contribution in [0.3, 0.4) is 0 Å². The van der Waals surface area contributed by atoms with Crippen LogP contribution in [-0.2, 0) is 4.79 Å². The number of aliphatic carboxylic acids is 1. The van der Waals surface area contributed by atoms with Crippen molar-refractivity contribution < 1.29 is 14.7 Å². The highest BCUT2D eigenvalue weighted by atomic mass is 16.4. The molecule has 3 atom stereocenters. The van der Waals surface area contributed by atoms with Crippen molar-refractivity contribution in [2.45, 2.75) is 51.1 Å². The number of carbonyl (C=O) groups excluding carboxylic acids is 1. The predicted molar refractivity (Wildman–Crippen MR) is 94.1 cm³/mol. The molecule has 0 radical (unpaired) electrons. The summed E-state index contributed by atoms with van der Waals surface area (Å²) in [6.45, 7) is 1.87. The van der Waals surface area contributed by atoms with Crippen LogP contribution in [-0.4, -0.2) is 48.7 Å². The molecule has 2 aromatic rings. The van der Waals surface area contributed by atoms with Crippen molar-refractivity contribution >= 4 is 11.9 Å². The zero-order chi connectivity index (χ0) is 18.3. The number of nitrogens with zero attached hydrogens (tertiary/aromatic N) is 4. The Balaban J connectivity index is 1.66. The van der Waals surface area contributed by atoms with Crippen LogP contribution < -0.4 is 0 Å². The van der Waals surface area contributed by atoms with Gasteiger partial charge in [-0.05, 0) is 55.9 Å². The molecule has 136 valence electrons. The summed E-state index contributed by atoms with van der Waals surface area (Å²) in [6.07, 6.45) is 7.73. The first kappa shape index (κ1) is 16.8. The number of hydrogen-bond acceptors (Lipinski definition) is 4. The van der Waals surface area contributed by atoms with Crippen molar-refractivity contribution in [3.63, 3.8) is 0 Å². The summed E-state index contributed by atoms with van der Waals surface area (Å²) in [5.41, 5.74) is 2.20. The van der Waals surface area contributed by atoms with Gasteiger partial charge in [0.2, 0.25) is 0 Å². The molecule has 1 N–H and O–H groups in total. The number of carboxylic acid groups (broad SMARTS) is 1. The van der Waals surface area contributed by atoms with Crippen LogP contribution >= 0.6 is 0 Å². The van der Waals surface area contributed by atoms with Crippen LogP contribution in [0.5, 0.6) is 0 Å². The summed E-state index contributed by atoms with van der Waals surface area (Å²) in [5, 5.41) is 13.8. The smallest absolute Gasteiger partial charge is 0.326 e. The molecule has 1 amide bonds. The number of carbonyl (C=O) groups is 2. The quantitative estimate of drug-likeness (QED) is 0.914. The lowest BCUT2D eigenvalue weighted by molar-refractivity contribution is -0.141. The number of aryl methyl sites for hydroxylation is 1. The Morgan fingerprint density at radius 2 is 2.04 bits per heavy atom. The SMILES string of the molecule is Cc1cc(-n2cncn2)ccc1C(=O)N1[C@@H]2CCCC[C@@H]2C[C@H]1C(=O)O. The molecule has 0 bridgehead atoms. The number of likely N-dealkylation sites (tertiary alicyclic amines) is 1. The fraction of sp³-hybridized carbons (Fsp3) is 0.474. The zero-order valence-electron chi connectivity index (χ0n) is 14.7. The number of amides is 1. The summed E-state index contributed by atoms with van der Waals surface area (Å²) in [6, 6.07) is 4.80. The molecular formula is C19H22N4O3. The Morgan fingerprint density at radius 3 is 2.73 bits per heavy atom. The third-order valence-electron chi connectivity index (χ3n) is 5.73. The molecule has 1 aliphatic heterocycles. The Bertz CT molecular complexity index is 833. The average molecular weight is 354 g/mol. The molecular weight excluding hydrogens is 332 g/mol. The number of rotatable bonds is 3. The number of hydrogen-bond donors (Lipinski definition) is 1. The standard InChI is InChI=1S/C19H22N4O3/c1-12-8-14(22-11-20-10-21-22)6-7-15(12)18(24)23-16-5-3-2-4-13(16)9-17(23)19(25)26/h6-8,10-11,13,16-17H,2-5,9H2,1H3,(H,25,26)/t13-,16-,17+/m1/s1. The number of fused-ring (bicyclic) bond motifs is 1. The molecule has 7 nitrogen and oxygen atoms in total. The van der Waals surface area contributed by atoms with Gasteiger partial charge in [0, 0.05) is 11.6 Å². The summed E-state index contributed by atoms with van der Waals surface area (Å²) in [4.78, 5) is 30.6. The van der Waals surface area contributed by atoms with E-state index >= 15 is 0 Å². The molecule has 1 aromatic carbocycles. The monoisotopic (exact) mass is 354 g/mol. The molecule has 1 saturated carbocycles. The van der Waals surface area contributed by atoms with Crippen LogP contribution in [0.2, 0.25) is 0 Å². The van der Waals surface area contributed by atoms with Crippen LogP contribution in [0, 0.1) is 12.8 Å². The van der Waals surface area contributed by atoms with E-state index in [4.69, 9.17) is 0 Å². The Hall–Kier alpha value is -2.70. The summed E-state index contributed by atoms with van der Waals surface area (Å²) >= 11 is 0. The highest BCUT2D eigenvalue weighted by Gasteiger charge is 2.47. The van der Waals surface area contributed by atoms with Gasteiger partial charge in [0.05, 0.1) is 5.69 Å². The predicted octanol–water partition coefficient (Wildman–Crippen LogP) is 2.43. The second kappa shape index (κ2) is 6.55. The highest BCUT2D eigenvalue weighted by Crippen LogP contribution is 2.40. The van der Waals surface area contributed by atoms with E-state index in [1.807, 2.05) is 19.1 Å². The van der Waals surface area contributed by atoms with Crippen LogP contribution in [0.15, 0.2) is 30.9 Å². The van der Waals surface area contributed by atoms with Gasteiger partial charge in [0.15, 0.2) is 0 Å².